The fourth-order valence-electron chi connectivity index (χ4n) is 1.58. The molecule has 0 amide bonds. The number of ether oxygens (including phenoxy) is 2. The topological polar surface area (TPSA) is 52.6 Å². The molecule has 0 radical (unpaired) electrons. The Morgan fingerprint density at radius 3 is 2.80 bits per heavy atom. The molecular formula is C10H17O4S+. The summed E-state index contributed by atoms with van der Waals surface area (Å²) in [5, 5.41) is 0. The van der Waals surface area contributed by atoms with Gasteiger partial charge in [0.05, 0.1) is 18.6 Å². The Hall–Kier alpha value is -0.550. The fraction of sp³-hybridized carbons (Fsp3) is 0.800. The number of methoxy groups -OCH3 is 1. The highest BCUT2D eigenvalue weighted by Crippen LogP contribution is 2.21. The summed E-state index contributed by atoms with van der Waals surface area (Å²) in [6, 6.07) is 0. The summed E-state index contributed by atoms with van der Waals surface area (Å²) in [5.74, 6) is 0.900. The molecule has 2 atom stereocenters. The van der Waals surface area contributed by atoms with E-state index in [1.54, 1.807) is 7.11 Å². The van der Waals surface area contributed by atoms with Crippen molar-refractivity contribution in [2.75, 3.05) is 25.1 Å². The molecule has 15 heavy (non-hydrogen) atoms. The van der Waals surface area contributed by atoms with Crippen LogP contribution in [0.25, 0.3) is 0 Å². The van der Waals surface area contributed by atoms with Crippen LogP contribution in [0.4, 0.5) is 0 Å². The van der Waals surface area contributed by atoms with Gasteiger partial charge in [-0.1, -0.05) is 0 Å². The van der Waals surface area contributed by atoms with E-state index in [9.17, 15) is 9.59 Å². The van der Waals surface area contributed by atoms with Crippen molar-refractivity contribution in [2.45, 2.75) is 19.3 Å². The lowest BCUT2D eigenvalue weighted by Crippen LogP contribution is -2.14. The first-order valence-corrected chi connectivity index (χ1v) is 6.93. The third-order valence-electron chi connectivity index (χ3n) is 2.33. The maximum Gasteiger partial charge on any atom is 0.317 e. The van der Waals surface area contributed by atoms with Gasteiger partial charge >= 0.3 is 11.9 Å². The first-order chi connectivity index (χ1) is 7.13. The molecule has 0 bridgehead atoms. The van der Waals surface area contributed by atoms with Gasteiger partial charge in [0.15, 0.2) is 0 Å². The van der Waals surface area contributed by atoms with Gasteiger partial charge in [-0.2, -0.15) is 0 Å². The lowest BCUT2D eigenvalue weighted by molar-refractivity contribution is -0.153. The summed E-state index contributed by atoms with van der Waals surface area (Å²) >= 11 is 0. The second-order valence-electron chi connectivity index (χ2n) is 3.73. The van der Waals surface area contributed by atoms with Crippen LogP contribution in [0.15, 0.2) is 0 Å². The van der Waals surface area contributed by atoms with E-state index in [0.717, 1.165) is 24.5 Å². The van der Waals surface area contributed by atoms with Crippen molar-refractivity contribution in [3.63, 3.8) is 0 Å². The van der Waals surface area contributed by atoms with Gasteiger partial charge in [0.25, 0.3) is 0 Å². The monoisotopic (exact) mass is 233 g/mol. The second-order valence-corrected chi connectivity index (χ2v) is 5.94. The molecule has 0 N–H and O–H groups in total. The zero-order valence-corrected chi connectivity index (χ0v) is 9.97. The standard InChI is InChI=1S/C10H17O4S/c1-13-7-15(2)5-3-4-8-6-9(11)14-10(8)12/h8H,3-7H2,1-2H3/q+1. The molecule has 1 rings (SSSR count). The minimum absolute atomic E-state index is 0.197. The highest BCUT2D eigenvalue weighted by atomic mass is 32.2. The molecular weight excluding hydrogens is 216 g/mol. The second kappa shape index (κ2) is 6.12. The molecule has 86 valence electrons. The van der Waals surface area contributed by atoms with Crippen molar-refractivity contribution in [1.29, 1.82) is 0 Å². The number of hydrogen-bond donors (Lipinski definition) is 0. The average molecular weight is 233 g/mol. The number of cyclic esters (lactones) is 2. The van der Waals surface area contributed by atoms with Crippen LogP contribution in [0.2, 0.25) is 0 Å². The third-order valence-corrected chi connectivity index (χ3v) is 3.95. The quantitative estimate of drug-likeness (QED) is 0.385. The molecule has 0 aliphatic carbocycles. The van der Waals surface area contributed by atoms with Crippen molar-refractivity contribution in [1.82, 2.24) is 0 Å². The Morgan fingerprint density at radius 1 is 1.53 bits per heavy atom. The van der Waals surface area contributed by atoms with Crippen LogP contribution in [-0.4, -0.2) is 37.0 Å². The van der Waals surface area contributed by atoms with E-state index < -0.39 is 0 Å². The van der Waals surface area contributed by atoms with Gasteiger partial charge in [0.2, 0.25) is 5.94 Å². The first kappa shape index (κ1) is 12.5. The molecule has 1 saturated heterocycles. The summed E-state index contributed by atoms with van der Waals surface area (Å²) in [6.07, 6.45) is 4.11. The number of esters is 2. The third kappa shape index (κ3) is 4.22. The molecule has 1 heterocycles. The van der Waals surface area contributed by atoms with Crippen molar-refractivity contribution < 1.29 is 19.1 Å². The van der Waals surface area contributed by atoms with Crippen LogP contribution in [0.5, 0.6) is 0 Å². The Labute approximate surface area is 92.7 Å². The molecule has 5 heteroatoms. The van der Waals surface area contributed by atoms with Crippen LogP contribution in [-0.2, 0) is 30.0 Å². The van der Waals surface area contributed by atoms with Gasteiger partial charge in [-0.15, -0.1) is 0 Å². The Morgan fingerprint density at radius 2 is 2.27 bits per heavy atom. The normalized spacial score (nSPS) is 22.9. The minimum Gasteiger partial charge on any atom is -0.393 e. The van der Waals surface area contributed by atoms with Crippen LogP contribution >= 0.6 is 0 Å². The van der Waals surface area contributed by atoms with E-state index in [-0.39, 0.29) is 35.2 Å². The van der Waals surface area contributed by atoms with Crippen LogP contribution in [0.1, 0.15) is 19.3 Å². The zero-order valence-electron chi connectivity index (χ0n) is 9.15. The van der Waals surface area contributed by atoms with E-state index in [0.29, 0.717) is 0 Å². The van der Waals surface area contributed by atoms with Gasteiger partial charge in [-0.3, -0.25) is 9.59 Å². The van der Waals surface area contributed by atoms with Crippen molar-refractivity contribution in [3.05, 3.63) is 0 Å². The van der Waals surface area contributed by atoms with E-state index >= 15 is 0 Å². The summed E-state index contributed by atoms with van der Waals surface area (Å²) < 4.78 is 9.51. The molecule has 4 nitrogen and oxygen atoms in total. The molecule has 0 spiro atoms. The first-order valence-electron chi connectivity index (χ1n) is 4.96. The van der Waals surface area contributed by atoms with Crippen molar-refractivity contribution in [2.24, 2.45) is 5.92 Å². The average Bonchev–Trinajstić information content (AvgIpc) is 2.46. The Bertz CT molecular complexity index is 242. The number of carbonyl (C=O) groups excluding carboxylic acids is 2. The van der Waals surface area contributed by atoms with Crippen LogP contribution < -0.4 is 0 Å². The molecule has 0 saturated carbocycles. The highest BCUT2D eigenvalue weighted by Gasteiger charge is 2.33. The van der Waals surface area contributed by atoms with Crippen molar-refractivity contribution >= 4 is 22.8 Å². The molecule has 0 aromatic heterocycles. The lowest BCUT2D eigenvalue weighted by Gasteiger charge is -2.04. The molecule has 1 aliphatic heterocycles. The highest BCUT2D eigenvalue weighted by molar-refractivity contribution is 7.96. The van der Waals surface area contributed by atoms with Crippen LogP contribution in [0, 0.1) is 5.92 Å². The van der Waals surface area contributed by atoms with E-state index in [1.807, 2.05) is 0 Å². The van der Waals surface area contributed by atoms with Crippen molar-refractivity contribution in [3.8, 4) is 0 Å². The van der Waals surface area contributed by atoms with E-state index in [4.69, 9.17) is 4.74 Å². The zero-order chi connectivity index (χ0) is 11.3. The minimum atomic E-state index is -0.377. The largest absolute Gasteiger partial charge is 0.393 e. The predicted octanol–water partition coefficient (Wildman–Crippen LogP) is 0.708. The summed E-state index contributed by atoms with van der Waals surface area (Å²) in [6.45, 7) is 0. The fourth-order valence-corrected chi connectivity index (χ4v) is 2.76. The number of hydrogen-bond acceptors (Lipinski definition) is 4. The molecule has 0 aromatic rings. The Kier molecular flexibility index (Phi) is 5.11. The summed E-state index contributed by atoms with van der Waals surface area (Å²) in [4.78, 5) is 21.9. The number of rotatable bonds is 6. The molecule has 0 aromatic carbocycles. The van der Waals surface area contributed by atoms with Crippen LogP contribution in [0.3, 0.4) is 0 Å². The summed E-state index contributed by atoms with van der Waals surface area (Å²) in [7, 11) is 1.94. The van der Waals surface area contributed by atoms with Gasteiger partial charge in [-0.05, 0) is 12.8 Å². The maximum absolute atomic E-state index is 11.1. The van der Waals surface area contributed by atoms with E-state index in [2.05, 4.69) is 11.0 Å². The maximum atomic E-state index is 11.1. The van der Waals surface area contributed by atoms with Gasteiger partial charge in [0, 0.05) is 18.0 Å². The Balaban J connectivity index is 2.15. The van der Waals surface area contributed by atoms with Gasteiger partial charge in [-0.25, -0.2) is 0 Å². The molecule has 2 unspecified atom stereocenters. The van der Waals surface area contributed by atoms with Gasteiger partial charge < -0.3 is 9.47 Å². The predicted molar refractivity (Wildman–Crippen MR) is 58.5 cm³/mol. The summed E-state index contributed by atoms with van der Waals surface area (Å²) in [5.41, 5.74) is 0. The molecule has 1 aliphatic rings. The van der Waals surface area contributed by atoms with Gasteiger partial charge in [0.1, 0.15) is 5.75 Å². The SMILES string of the molecule is COC[S+](C)CCCC1CC(=O)OC1=O. The lowest BCUT2D eigenvalue weighted by atomic mass is 10.0. The number of carbonyl (C=O) groups is 2. The molecule has 1 fully saturated rings. The van der Waals surface area contributed by atoms with E-state index in [1.165, 1.54) is 0 Å². The smallest absolute Gasteiger partial charge is 0.317 e.